The fourth-order valence-corrected chi connectivity index (χ4v) is 3.60. The third-order valence-electron chi connectivity index (χ3n) is 5.12. The normalized spacial score (nSPS) is 21.9. The minimum Gasteiger partial charge on any atom is -0.497 e. The smallest absolute Gasteiger partial charge is 0.251 e. The number of benzene rings is 1. The number of carbonyl (C=O) groups excluding carboxylic acids is 1. The zero-order chi connectivity index (χ0) is 17.6. The van der Waals surface area contributed by atoms with Gasteiger partial charge in [-0.15, -0.1) is 12.4 Å². The Morgan fingerprint density at radius 1 is 1.31 bits per heavy atom. The van der Waals surface area contributed by atoms with Gasteiger partial charge in [0.25, 0.3) is 5.91 Å². The number of amides is 1. The molecule has 26 heavy (non-hydrogen) atoms. The van der Waals surface area contributed by atoms with Crippen LogP contribution in [0, 0.1) is 0 Å². The van der Waals surface area contributed by atoms with E-state index in [0.717, 1.165) is 57.0 Å². The topological polar surface area (TPSA) is 54.0 Å². The average Bonchev–Trinajstić information content (AvgIpc) is 3.16. The molecule has 6 nitrogen and oxygen atoms in total. The first-order valence-electron chi connectivity index (χ1n) is 9.15. The summed E-state index contributed by atoms with van der Waals surface area (Å²) in [6.45, 7) is 8.17. The van der Waals surface area contributed by atoms with Crippen LogP contribution in [0.1, 0.15) is 18.9 Å². The van der Waals surface area contributed by atoms with Gasteiger partial charge in [0.1, 0.15) is 11.9 Å². The number of nitrogens with zero attached hydrogens (tertiary/aromatic N) is 2. The molecule has 0 radical (unpaired) electrons. The molecule has 146 valence electrons. The van der Waals surface area contributed by atoms with Gasteiger partial charge in [-0.25, -0.2) is 0 Å². The Kier molecular flexibility index (Phi) is 8.15. The van der Waals surface area contributed by atoms with Gasteiger partial charge < -0.3 is 19.7 Å². The van der Waals surface area contributed by atoms with Gasteiger partial charge in [-0.3, -0.25) is 9.69 Å². The van der Waals surface area contributed by atoms with Crippen LogP contribution in [0.25, 0.3) is 0 Å². The molecule has 2 aliphatic rings. The van der Waals surface area contributed by atoms with Gasteiger partial charge in [-0.2, -0.15) is 0 Å². The molecule has 0 aliphatic carbocycles. The molecule has 2 unspecified atom stereocenters. The lowest BCUT2D eigenvalue weighted by molar-refractivity contribution is -0.142. The number of hydrogen-bond donors (Lipinski definition) is 1. The summed E-state index contributed by atoms with van der Waals surface area (Å²) in [5, 5.41) is 3.38. The number of ether oxygens (including phenoxy) is 2. The lowest BCUT2D eigenvalue weighted by atomic mass is 10.2. The largest absolute Gasteiger partial charge is 0.497 e. The van der Waals surface area contributed by atoms with Crippen molar-refractivity contribution in [3.63, 3.8) is 0 Å². The van der Waals surface area contributed by atoms with Crippen molar-refractivity contribution in [3.8, 4) is 5.75 Å². The summed E-state index contributed by atoms with van der Waals surface area (Å²) in [5.41, 5.74) is 1.01. The van der Waals surface area contributed by atoms with E-state index < -0.39 is 6.10 Å². The lowest BCUT2D eigenvalue weighted by Gasteiger charge is -2.32. The molecule has 3 rings (SSSR count). The Balaban J connectivity index is 0.00000243. The van der Waals surface area contributed by atoms with Gasteiger partial charge in [-0.05, 0) is 31.0 Å². The predicted molar refractivity (Wildman–Crippen MR) is 104 cm³/mol. The summed E-state index contributed by atoms with van der Waals surface area (Å²) >= 11 is 0. The van der Waals surface area contributed by atoms with E-state index in [9.17, 15) is 4.79 Å². The second-order valence-electron chi connectivity index (χ2n) is 6.82. The van der Waals surface area contributed by atoms with E-state index in [0.29, 0.717) is 12.6 Å². The van der Waals surface area contributed by atoms with E-state index in [1.807, 2.05) is 36.1 Å². The summed E-state index contributed by atoms with van der Waals surface area (Å²) in [4.78, 5) is 17.1. The molecule has 1 amide bonds. The predicted octanol–water partition coefficient (Wildman–Crippen LogP) is 1.53. The number of hydrogen-bond acceptors (Lipinski definition) is 5. The standard InChI is InChI=1S/C19H29N3O3.ClH/c1-15(25-14-16-4-3-5-18(12-16)24-2)19(23)22-9-6-17(13-22)21-10-7-20-8-11-21;/h3-5,12,15,17,20H,6-11,13-14H2,1-2H3;1H. The Bertz CT molecular complexity index is 581. The van der Waals surface area contributed by atoms with Crippen LogP contribution in [-0.2, 0) is 16.1 Å². The van der Waals surface area contributed by atoms with Crippen LogP contribution in [0.3, 0.4) is 0 Å². The first-order chi connectivity index (χ1) is 12.2. The monoisotopic (exact) mass is 383 g/mol. The van der Waals surface area contributed by atoms with Gasteiger partial charge in [0.05, 0.1) is 13.7 Å². The molecule has 2 fully saturated rings. The quantitative estimate of drug-likeness (QED) is 0.807. The van der Waals surface area contributed by atoms with E-state index >= 15 is 0 Å². The molecule has 7 heteroatoms. The number of nitrogens with one attached hydrogen (secondary N) is 1. The third-order valence-corrected chi connectivity index (χ3v) is 5.12. The van der Waals surface area contributed by atoms with Crippen molar-refractivity contribution < 1.29 is 14.3 Å². The Hall–Kier alpha value is -1.34. The fraction of sp³-hybridized carbons (Fsp3) is 0.632. The van der Waals surface area contributed by atoms with E-state index in [1.54, 1.807) is 7.11 Å². The maximum atomic E-state index is 12.7. The maximum absolute atomic E-state index is 12.7. The molecule has 2 aliphatic heterocycles. The lowest BCUT2D eigenvalue weighted by Crippen LogP contribution is -2.49. The molecule has 1 aromatic rings. The second kappa shape index (κ2) is 10.1. The number of carbonyl (C=O) groups is 1. The van der Waals surface area contributed by atoms with Crippen LogP contribution < -0.4 is 10.1 Å². The molecule has 1 aromatic carbocycles. The Morgan fingerprint density at radius 3 is 2.81 bits per heavy atom. The fourth-order valence-electron chi connectivity index (χ4n) is 3.60. The van der Waals surface area contributed by atoms with Crippen LogP contribution in [0.15, 0.2) is 24.3 Å². The molecule has 1 N–H and O–H groups in total. The molecule has 0 bridgehead atoms. The van der Waals surface area contributed by atoms with Crippen molar-refractivity contribution in [2.45, 2.75) is 32.1 Å². The van der Waals surface area contributed by atoms with Crippen molar-refractivity contribution in [2.24, 2.45) is 0 Å². The molecule has 0 spiro atoms. The Morgan fingerprint density at radius 2 is 2.08 bits per heavy atom. The van der Waals surface area contributed by atoms with Crippen molar-refractivity contribution >= 4 is 18.3 Å². The number of likely N-dealkylation sites (tertiary alicyclic amines) is 1. The first kappa shape index (κ1) is 21.0. The van der Waals surface area contributed by atoms with Gasteiger partial charge >= 0.3 is 0 Å². The van der Waals surface area contributed by atoms with Gasteiger partial charge in [-0.1, -0.05) is 12.1 Å². The van der Waals surface area contributed by atoms with Gasteiger partial charge in [0, 0.05) is 45.3 Å². The summed E-state index contributed by atoms with van der Waals surface area (Å²) in [7, 11) is 1.65. The third kappa shape index (κ3) is 5.33. The van der Waals surface area contributed by atoms with E-state index in [1.165, 1.54) is 0 Å². The molecule has 0 saturated carbocycles. The number of halogens is 1. The van der Waals surface area contributed by atoms with Crippen molar-refractivity contribution in [3.05, 3.63) is 29.8 Å². The van der Waals surface area contributed by atoms with Crippen LogP contribution in [0.2, 0.25) is 0 Å². The van der Waals surface area contributed by atoms with Crippen molar-refractivity contribution in [1.29, 1.82) is 0 Å². The van der Waals surface area contributed by atoms with E-state index in [4.69, 9.17) is 9.47 Å². The molecular weight excluding hydrogens is 354 g/mol. The Labute approximate surface area is 162 Å². The molecule has 2 heterocycles. The van der Waals surface area contributed by atoms with Gasteiger partial charge in [0.15, 0.2) is 0 Å². The maximum Gasteiger partial charge on any atom is 0.251 e. The van der Waals surface area contributed by atoms with E-state index in [2.05, 4.69) is 10.2 Å². The highest BCUT2D eigenvalue weighted by molar-refractivity contribution is 5.85. The molecule has 0 aromatic heterocycles. The zero-order valence-corrected chi connectivity index (χ0v) is 16.5. The van der Waals surface area contributed by atoms with Crippen molar-refractivity contribution in [1.82, 2.24) is 15.1 Å². The van der Waals surface area contributed by atoms with Crippen LogP contribution in [-0.4, -0.2) is 74.2 Å². The highest BCUT2D eigenvalue weighted by Gasteiger charge is 2.32. The highest BCUT2D eigenvalue weighted by atomic mass is 35.5. The summed E-state index contributed by atoms with van der Waals surface area (Å²) < 4.78 is 11.0. The van der Waals surface area contributed by atoms with E-state index in [-0.39, 0.29) is 18.3 Å². The highest BCUT2D eigenvalue weighted by Crippen LogP contribution is 2.19. The zero-order valence-electron chi connectivity index (χ0n) is 15.6. The minimum atomic E-state index is -0.423. The number of rotatable bonds is 6. The summed E-state index contributed by atoms with van der Waals surface area (Å²) in [5.74, 6) is 0.902. The summed E-state index contributed by atoms with van der Waals surface area (Å²) in [6.07, 6.45) is 0.641. The molecular formula is C19H30ClN3O3. The molecule has 2 atom stereocenters. The van der Waals surface area contributed by atoms with Crippen LogP contribution >= 0.6 is 12.4 Å². The van der Waals surface area contributed by atoms with Gasteiger partial charge in [0.2, 0.25) is 0 Å². The number of piperazine rings is 1. The van der Waals surface area contributed by atoms with Crippen LogP contribution in [0.5, 0.6) is 5.75 Å². The molecule has 2 saturated heterocycles. The van der Waals surface area contributed by atoms with Crippen molar-refractivity contribution in [2.75, 3.05) is 46.4 Å². The number of methoxy groups -OCH3 is 1. The summed E-state index contributed by atoms with van der Waals surface area (Å²) in [6, 6.07) is 8.25. The van der Waals surface area contributed by atoms with Crippen LogP contribution in [0.4, 0.5) is 0 Å². The minimum absolute atomic E-state index is 0. The second-order valence-corrected chi connectivity index (χ2v) is 6.82. The first-order valence-corrected chi connectivity index (χ1v) is 9.15. The SMILES string of the molecule is COc1cccc(COC(C)C(=O)N2CCC(N3CCNCC3)C2)c1.Cl. The average molecular weight is 384 g/mol.